The van der Waals surface area contributed by atoms with E-state index < -0.39 is 9.84 Å². The summed E-state index contributed by atoms with van der Waals surface area (Å²) in [6.07, 6.45) is 4.02. The number of nitrogens with zero attached hydrogens (tertiary/aromatic N) is 6. The van der Waals surface area contributed by atoms with Crippen molar-refractivity contribution in [2.75, 3.05) is 43.2 Å². The summed E-state index contributed by atoms with van der Waals surface area (Å²) in [5, 5.41) is 14.9. The van der Waals surface area contributed by atoms with E-state index in [2.05, 4.69) is 47.6 Å². The first-order valence-corrected chi connectivity index (χ1v) is 12.8. The summed E-state index contributed by atoms with van der Waals surface area (Å²) in [7, 11) is -3.45. The summed E-state index contributed by atoms with van der Waals surface area (Å²) in [5.41, 5.74) is 2.34. The molecule has 0 saturated carbocycles. The Morgan fingerprint density at radius 3 is 2.44 bits per heavy atom. The maximum atomic E-state index is 12.0. The Hall–Kier alpha value is -3.22. The molecule has 0 aromatic carbocycles. The molecule has 5 rings (SSSR count). The summed E-state index contributed by atoms with van der Waals surface area (Å²) in [5.74, 6) is 1.63. The Bertz CT molecular complexity index is 1320. The van der Waals surface area contributed by atoms with Gasteiger partial charge in [-0.3, -0.25) is 4.90 Å². The molecule has 34 heavy (non-hydrogen) atoms. The quantitative estimate of drug-likeness (QED) is 0.513. The van der Waals surface area contributed by atoms with Gasteiger partial charge in [0.2, 0.25) is 0 Å². The van der Waals surface area contributed by atoms with Gasteiger partial charge in [0.05, 0.1) is 24.9 Å². The maximum Gasteiger partial charge on any atom is 0.179 e. The molecule has 5 heterocycles. The molecule has 3 aromatic heterocycles. The molecule has 12 heteroatoms. The molecule has 11 nitrogen and oxygen atoms in total. The lowest BCUT2D eigenvalue weighted by Gasteiger charge is -2.56. The van der Waals surface area contributed by atoms with Gasteiger partial charge in [0.1, 0.15) is 28.7 Å². The Labute approximate surface area is 197 Å². The average molecular weight is 483 g/mol. The first-order chi connectivity index (χ1) is 16.2. The molecule has 3 aromatic rings. The topological polar surface area (TPSA) is 135 Å². The molecule has 0 aliphatic carbocycles. The second-order valence-corrected chi connectivity index (χ2v) is 11.0. The van der Waals surface area contributed by atoms with Gasteiger partial charge in [0, 0.05) is 37.0 Å². The number of hydrogen-bond donors (Lipinski definition) is 2. The van der Waals surface area contributed by atoms with E-state index in [1.54, 1.807) is 12.1 Å². The molecule has 2 N–H and O–H groups in total. The van der Waals surface area contributed by atoms with Gasteiger partial charge < -0.3 is 15.4 Å². The van der Waals surface area contributed by atoms with Crippen LogP contribution in [0.25, 0.3) is 0 Å². The minimum Gasteiger partial charge on any atom is -0.380 e. The van der Waals surface area contributed by atoms with Crippen molar-refractivity contribution in [3.63, 3.8) is 0 Å². The number of pyridine rings is 1. The number of aromatic nitrogens is 5. The van der Waals surface area contributed by atoms with E-state index in [1.807, 2.05) is 13.0 Å². The van der Waals surface area contributed by atoms with Crippen molar-refractivity contribution in [1.29, 1.82) is 0 Å². The molecule has 178 valence electrons. The maximum absolute atomic E-state index is 12.0. The van der Waals surface area contributed by atoms with E-state index in [-0.39, 0.29) is 16.8 Å². The molecule has 0 bridgehead atoms. The van der Waals surface area contributed by atoms with Crippen LogP contribution in [0.3, 0.4) is 0 Å². The second-order valence-electron chi connectivity index (χ2n) is 9.03. The van der Waals surface area contributed by atoms with Crippen molar-refractivity contribution in [3.05, 3.63) is 48.0 Å². The number of hydrogen-bond acceptors (Lipinski definition) is 11. The van der Waals surface area contributed by atoms with E-state index in [1.165, 1.54) is 18.6 Å². The van der Waals surface area contributed by atoms with Gasteiger partial charge >= 0.3 is 0 Å². The normalized spacial score (nSPS) is 18.1. The summed E-state index contributed by atoms with van der Waals surface area (Å²) in [6, 6.07) is 6.84. The lowest BCUT2D eigenvalue weighted by atomic mass is 9.77. The predicted molar refractivity (Wildman–Crippen MR) is 126 cm³/mol. The van der Waals surface area contributed by atoms with E-state index >= 15 is 0 Å². The van der Waals surface area contributed by atoms with Crippen molar-refractivity contribution in [2.24, 2.45) is 5.41 Å². The third-order valence-corrected chi connectivity index (χ3v) is 7.33. The van der Waals surface area contributed by atoms with Crippen LogP contribution in [-0.2, 0) is 14.6 Å². The van der Waals surface area contributed by atoms with Gasteiger partial charge in [-0.25, -0.2) is 23.4 Å². The van der Waals surface area contributed by atoms with Crippen LogP contribution in [-0.4, -0.2) is 71.0 Å². The molecule has 0 amide bonds. The Balaban J connectivity index is 1.28. The zero-order valence-electron chi connectivity index (χ0n) is 19.2. The van der Waals surface area contributed by atoms with Crippen LogP contribution in [0.2, 0.25) is 0 Å². The molecule has 1 atom stereocenters. The molecule has 0 radical (unpaired) electrons. The summed E-state index contributed by atoms with van der Waals surface area (Å²) >= 11 is 0. The Kier molecular flexibility index (Phi) is 5.66. The van der Waals surface area contributed by atoms with Crippen LogP contribution in [0.4, 0.5) is 23.3 Å². The fraction of sp³-hybridized carbons (Fsp3) is 0.409. The first kappa shape index (κ1) is 22.6. The number of nitrogens with one attached hydrogen (secondary N) is 2. The first-order valence-electron chi connectivity index (χ1n) is 10.9. The van der Waals surface area contributed by atoms with Crippen LogP contribution in [0, 0.1) is 12.3 Å². The van der Waals surface area contributed by atoms with E-state index in [9.17, 15) is 8.42 Å². The number of ether oxygens (including phenoxy) is 1. The van der Waals surface area contributed by atoms with Gasteiger partial charge in [-0.2, -0.15) is 5.10 Å². The van der Waals surface area contributed by atoms with Crippen molar-refractivity contribution in [3.8, 4) is 0 Å². The Morgan fingerprint density at radius 1 is 1.06 bits per heavy atom. The average Bonchev–Trinajstić information content (AvgIpc) is 2.71. The van der Waals surface area contributed by atoms with Crippen LogP contribution >= 0.6 is 0 Å². The van der Waals surface area contributed by atoms with Crippen LogP contribution in [0.5, 0.6) is 0 Å². The number of aryl methyl sites for hydroxylation is 1. The van der Waals surface area contributed by atoms with E-state index in [0.29, 0.717) is 22.9 Å². The van der Waals surface area contributed by atoms with Crippen molar-refractivity contribution >= 4 is 33.1 Å². The zero-order chi connectivity index (χ0) is 23.9. The lowest BCUT2D eigenvalue weighted by molar-refractivity contribution is -0.198. The van der Waals surface area contributed by atoms with Gasteiger partial charge in [0.25, 0.3) is 0 Å². The lowest BCUT2D eigenvalue weighted by Crippen LogP contribution is -2.66. The fourth-order valence-corrected chi connectivity index (χ4v) is 5.11. The highest BCUT2D eigenvalue weighted by atomic mass is 32.2. The van der Waals surface area contributed by atoms with Gasteiger partial charge in [-0.1, -0.05) is 0 Å². The number of anilines is 4. The smallest absolute Gasteiger partial charge is 0.179 e. The number of sulfone groups is 1. The highest BCUT2D eigenvalue weighted by Gasteiger charge is 2.50. The summed E-state index contributed by atoms with van der Waals surface area (Å²) in [4.78, 5) is 15.0. The molecule has 1 spiro atoms. The molecular formula is C22H26N8O3S. The standard InChI is InChI=1S/C22H26N8O3S/c1-14-7-19(28-29-20(14)15(2)30-9-22(10-30)11-33-12-22)26-17-8-18(25-13-24-17)27-21-16(34(3,31)32)5-4-6-23-21/h4-8,13,15H,9-12H2,1-3H3,(H2,23,24,25,26,27,28). The predicted octanol–water partition coefficient (Wildman–Crippen LogP) is 2.25. The molecular weight excluding hydrogens is 456 g/mol. The highest BCUT2D eigenvalue weighted by Crippen LogP contribution is 2.42. The number of rotatable bonds is 7. The largest absolute Gasteiger partial charge is 0.380 e. The SMILES string of the molecule is Cc1cc(Nc2cc(Nc3ncccc3S(C)(=O)=O)ncn2)nnc1C(C)N1CC2(COC2)C1. The third kappa shape index (κ3) is 4.43. The van der Waals surface area contributed by atoms with Gasteiger partial charge in [-0.05, 0) is 37.6 Å². The van der Waals surface area contributed by atoms with E-state index in [0.717, 1.165) is 43.8 Å². The van der Waals surface area contributed by atoms with Gasteiger partial charge in [-0.15, -0.1) is 5.10 Å². The fourth-order valence-electron chi connectivity index (χ4n) is 4.33. The zero-order valence-corrected chi connectivity index (χ0v) is 20.0. The second kappa shape index (κ2) is 8.53. The summed E-state index contributed by atoms with van der Waals surface area (Å²) in [6.45, 7) is 7.95. The van der Waals surface area contributed by atoms with Gasteiger partial charge in [0.15, 0.2) is 15.7 Å². The minimum absolute atomic E-state index is 0.0901. The number of likely N-dealkylation sites (tertiary alicyclic amines) is 1. The highest BCUT2D eigenvalue weighted by molar-refractivity contribution is 7.90. The minimum atomic E-state index is -3.45. The summed E-state index contributed by atoms with van der Waals surface area (Å²) < 4.78 is 29.4. The van der Waals surface area contributed by atoms with Crippen molar-refractivity contribution in [1.82, 2.24) is 30.0 Å². The molecule has 2 aliphatic heterocycles. The van der Waals surface area contributed by atoms with Crippen LogP contribution in [0.15, 0.2) is 41.7 Å². The molecule has 1 unspecified atom stereocenters. The third-order valence-electron chi connectivity index (χ3n) is 6.20. The monoisotopic (exact) mass is 482 g/mol. The molecule has 2 aliphatic rings. The van der Waals surface area contributed by atoms with Crippen LogP contribution < -0.4 is 10.6 Å². The van der Waals surface area contributed by atoms with Crippen LogP contribution in [0.1, 0.15) is 24.2 Å². The molecule has 2 fully saturated rings. The van der Waals surface area contributed by atoms with Crippen molar-refractivity contribution < 1.29 is 13.2 Å². The Morgan fingerprint density at radius 2 is 1.79 bits per heavy atom. The molecule has 2 saturated heterocycles. The van der Waals surface area contributed by atoms with Crippen molar-refractivity contribution in [2.45, 2.75) is 24.8 Å². The van der Waals surface area contributed by atoms with E-state index in [4.69, 9.17) is 4.74 Å².